The largest absolute Gasteiger partial charge is 0.481 e. The first-order valence-electron chi connectivity index (χ1n) is 16.8. The van der Waals surface area contributed by atoms with Crippen LogP contribution in [0, 0.1) is 58.2 Å². The Balaban J connectivity index is 1.30. The number of carbonyl (C=O) groups excluding carboxylic acids is 1. The van der Waals surface area contributed by atoms with Crippen molar-refractivity contribution in [3.63, 3.8) is 0 Å². The van der Waals surface area contributed by atoms with Gasteiger partial charge in [0.25, 0.3) is 0 Å². The van der Waals surface area contributed by atoms with Crippen LogP contribution in [0.4, 0.5) is 0 Å². The number of esters is 1. The highest BCUT2D eigenvalue weighted by atomic mass is 16.5. The number of hydrogen-bond donors (Lipinski definition) is 2. The topological polar surface area (TPSA) is 83.8 Å². The summed E-state index contributed by atoms with van der Waals surface area (Å²) in [4.78, 5) is 24.9. The van der Waals surface area contributed by atoms with Gasteiger partial charge in [-0.25, -0.2) is 4.79 Å². The Bertz CT molecular complexity index is 1410. The minimum Gasteiger partial charge on any atom is -0.481 e. The van der Waals surface area contributed by atoms with Crippen molar-refractivity contribution in [2.24, 2.45) is 46.3 Å². The number of aliphatic carboxylic acids is 1. The predicted molar refractivity (Wildman–Crippen MR) is 171 cm³/mol. The molecular weight excluding hydrogens is 548 g/mol. The van der Waals surface area contributed by atoms with Gasteiger partial charge in [0.15, 0.2) is 0 Å². The average molecular weight is 597 g/mol. The lowest BCUT2D eigenvalue weighted by Crippen LogP contribution is -2.60. The van der Waals surface area contributed by atoms with E-state index < -0.39 is 11.6 Å². The molecule has 4 fully saturated rings. The molecular formula is C39H48O5. The van der Waals surface area contributed by atoms with E-state index in [1.807, 2.05) is 60.7 Å². The molecule has 0 saturated heterocycles. The third kappa shape index (κ3) is 5.71. The zero-order chi connectivity index (χ0) is 31.1. The lowest BCUT2D eigenvalue weighted by atomic mass is 9.43. The van der Waals surface area contributed by atoms with Crippen LogP contribution in [0.25, 0.3) is 0 Å². The van der Waals surface area contributed by atoms with E-state index in [0.717, 1.165) is 44.1 Å². The standard InChI is InChI=1S/C39H48O5/c1-26(14-17-34(40)41)30-15-16-31-35-32(19-20-38(30,31)3)37(2)22-23-39(43,21-18-27-10-6-4-7-11-27)25-29(37)24-33(35)44-36(42)28-12-8-5-9-13-28/h4-13,26,29-33,35,43H,14-17,19-20,22-25H2,1-3H3,(H,40,41)/t26-,29-,30-,31+,32+,33-,35+,37+,38-,39+/m1/s1. The number of fused-ring (bicyclic) bond motifs is 5. The summed E-state index contributed by atoms with van der Waals surface area (Å²) in [7, 11) is 0. The van der Waals surface area contributed by atoms with E-state index in [1.165, 1.54) is 0 Å². The lowest BCUT2D eigenvalue weighted by Gasteiger charge is -2.63. The van der Waals surface area contributed by atoms with E-state index in [4.69, 9.17) is 4.74 Å². The number of hydrogen-bond acceptors (Lipinski definition) is 4. The summed E-state index contributed by atoms with van der Waals surface area (Å²) >= 11 is 0. The molecule has 2 aromatic carbocycles. The molecule has 4 aliphatic rings. The lowest BCUT2D eigenvalue weighted by molar-refractivity contribution is -0.182. The van der Waals surface area contributed by atoms with E-state index in [1.54, 1.807) is 0 Å². The molecule has 0 aromatic heterocycles. The highest BCUT2D eigenvalue weighted by molar-refractivity contribution is 5.89. The van der Waals surface area contributed by atoms with Gasteiger partial charge in [-0.1, -0.05) is 69.0 Å². The maximum Gasteiger partial charge on any atom is 0.338 e. The number of carboxylic acid groups (broad SMARTS) is 1. The normalized spacial score (nSPS) is 38.2. The van der Waals surface area contributed by atoms with Gasteiger partial charge in [-0.2, -0.15) is 0 Å². The zero-order valence-corrected chi connectivity index (χ0v) is 26.5. The molecule has 0 spiro atoms. The molecule has 4 saturated carbocycles. The summed E-state index contributed by atoms with van der Waals surface area (Å²) in [6, 6.07) is 19.2. The summed E-state index contributed by atoms with van der Waals surface area (Å²) in [5.41, 5.74) is 0.595. The first-order valence-corrected chi connectivity index (χ1v) is 16.8. The summed E-state index contributed by atoms with van der Waals surface area (Å²) < 4.78 is 6.53. The van der Waals surface area contributed by atoms with E-state index in [0.29, 0.717) is 48.5 Å². The number of carbonyl (C=O) groups is 2. The van der Waals surface area contributed by atoms with Gasteiger partial charge in [0, 0.05) is 17.9 Å². The first-order chi connectivity index (χ1) is 21.0. The molecule has 5 nitrogen and oxygen atoms in total. The SMILES string of the molecule is C[C@H](CCC(=O)O)[C@H]1CC[C@H]2[C@@H]3[C@H](OC(=O)c4ccccc4)C[C@@H]4C[C@](O)(C#Cc5ccccc5)CC[C@]4(C)[C@H]3CC[C@]12C. The second kappa shape index (κ2) is 12.0. The fourth-order valence-corrected chi connectivity index (χ4v) is 10.4. The smallest absolute Gasteiger partial charge is 0.338 e. The summed E-state index contributed by atoms with van der Waals surface area (Å²) in [5.74, 6) is 7.65. The van der Waals surface area contributed by atoms with Gasteiger partial charge in [-0.05, 0) is 122 Å². The number of carboxylic acids is 1. The van der Waals surface area contributed by atoms with Gasteiger partial charge in [0.1, 0.15) is 11.7 Å². The molecule has 6 rings (SSSR count). The molecule has 44 heavy (non-hydrogen) atoms. The van der Waals surface area contributed by atoms with E-state index in [9.17, 15) is 19.8 Å². The van der Waals surface area contributed by atoms with Crippen molar-refractivity contribution in [3.8, 4) is 11.8 Å². The van der Waals surface area contributed by atoms with Gasteiger partial charge in [-0.15, -0.1) is 0 Å². The summed E-state index contributed by atoms with van der Waals surface area (Å²) in [6.07, 6.45) is 8.07. The van der Waals surface area contributed by atoms with Crippen LogP contribution in [-0.4, -0.2) is 33.9 Å². The van der Waals surface area contributed by atoms with Crippen LogP contribution in [0.5, 0.6) is 0 Å². The average Bonchev–Trinajstić information content (AvgIpc) is 3.38. The molecule has 234 valence electrons. The van der Waals surface area contributed by atoms with E-state index in [2.05, 4.69) is 32.6 Å². The van der Waals surface area contributed by atoms with Crippen molar-refractivity contribution in [3.05, 3.63) is 71.8 Å². The Morgan fingerprint density at radius 1 is 0.932 bits per heavy atom. The zero-order valence-electron chi connectivity index (χ0n) is 26.5. The Hall–Kier alpha value is -3.10. The molecule has 0 amide bonds. The molecule has 0 bridgehead atoms. The van der Waals surface area contributed by atoms with Crippen molar-refractivity contribution < 1.29 is 24.5 Å². The third-order valence-electron chi connectivity index (χ3n) is 12.8. The number of rotatable bonds is 6. The molecule has 4 aliphatic carbocycles. The van der Waals surface area contributed by atoms with Crippen LogP contribution < -0.4 is 0 Å². The van der Waals surface area contributed by atoms with Crippen LogP contribution in [0.15, 0.2) is 60.7 Å². The highest BCUT2D eigenvalue weighted by Crippen LogP contribution is 2.69. The Kier molecular flexibility index (Phi) is 8.44. The molecule has 2 N–H and O–H groups in total. The molecule has 0 radical (unpaired) electrons. The Morgan fingerprint density at radius 2 is 1.61 bits per heavy atom. The quantitative estimate of drug-likeness (QED) is 0.263. The predicted octanol–water partition coefficient (Wildman–Crippen LogP) is 7.76. The second-order valence-electron chi connectivity index (χ2n) is 15.0. The number of ether oxygens (including phenoxy) is 1. The van der Waals surface area contributed by atoms with E-state index >= 15 is 0 Å². The monoisotopic (exact) mass is 596 g/mol. The van der Waals surface area contributed by atoms with Crippen molar-refractivity contribution in [1.82, 2.24) is 0 Å². The van der Waals surface area contributed by atoms with Crippen molar-refractivity contribution in [1.29, 1.82) is 0 Å². The van der Waals surface area contributed by atoms with Crippen LogP contribution in [-0.2, 0) is 9.53 Å². The summed E-state index contributed by atoms with van der Waals surface area (Å²) in [6.45, 7) is 7.14. The maximum atomic E-state index is 13.6. The molecule has 10 atom stereocenters. The summed E-state index contributed by atoms with van der Waals surface area (Å²) in [5, 5.41) is 21.1. The molecule has 0 aliphatic heterocycles. The number of aliphatic hydroxyl groups is 1. The van der Waals surface area contributed by atoms with Gasteiger partial charge in [0.05, 0.1) is 5.56 Å². The fraction of sp³-hybridized carbons (Fsp3) is 0.590. The van der Waals surface area contributed by atoms with Crippen molar-refractivity contribution >= 4 is 11.9 Å². The first kappa shape index (κ1) is 30.9. The van der Waals surface area contributed by atoms with Crippen LogP contribution in [0.1, 0.15) is 101 Å². The fourth-order valence-electron chi connectivity index (χ4n) is 10.4. The van der Waals surface area contributed by atoms with Gasteiger partial charge < -0.3 is 14.9 Å². The molecule has 2 aromatic rings. The van der Waals surface area contributed by atoms with Crippen molar-refractivity contribution in [2.45, 2.75) is 96.7 Å². The van der Waals surface area contributed by atoms with E-state index in [-0.39, 0.29) is 41.2 Å². The van der Waals surface area contributed by atoms with Gasteiger partial charge in [0.2, 0.25) is 0 Å². The third-order valence-corrected chi connectivity index (χ3v) is 12.8. The Labute approximate surface area is 262 Å². The van der Waals surface area contributed by atoms with Gasteiger partial charge >= 0.3 is 11.9 Å². The van der Waals surface area contributed by atoms with Crippen LogP contribution in [0.3, 0.4) is 0 Å². The highest BCUT2D eigenvalue weighted by Gasteiger charge is 2.64. The second-order valence-corrected chi connectivity index (χ2v) is 15.0. The van der Waals surface area contributed by atoms with Crippen LogP contribution >= 0.6 is 0 Å². The molecule has 0 unspecified atom stereocenters. The maximum absolute atomic E-state index is 13.6. The Morgan fingerprint density at radius 3 is 2.32 bits per heavy atom. The molecule has 5 heteroatoms. The minimum atomic E-state index is -1.05. The van der Waals surface area contributed by atoms with Crippen molar-refractivity contribution in [2.75, 3.05) is 0 Å². The number of benzene rings is 2. The minimum absolute atomic E-state index is 0.0509. The van der Waals surface area contributed by atoms with Crippen LogP contribution in [0.2, 0.25) is 0 Å². The molecule has 0 heterocycles. The van der Waals surface area contributed by atoms with Gasteiger partial charge in [-0.3, -0.25) is 4.79 Å².